The number of phosphoric ester groups is 1. The maximum absolute atomic E-state index is 12.6. The SMILES string of the molecule is CCCC/C=C\C/C=C\CCCCCCCC(=O)OC(COC(=O)CCCCCCCCC/C=C\CCCCCCCCC)COP(=O)(O)OCCN. The second-order valence-electron chi connectivity index (χ2n) is 14.2. The predicted molar refractivity (Wildman–Crippen MR) is 220 cm³/mol. The van der Waals surface area contributed by atoms with Crippen LogP contribution in [0.5, 0.6) is 0 Å². The average molecular weight is 770 g/mol. The molecule has 0 aromatic carbocycles. The Morgan fingerprint density at radius 3 is 1.51 bits per heavy atom. The molecule has 0 amide bonds. The van der Waals surface area contributed by atoms with E-state index in [1.165, 1.54) is 83.5 Å². The van der Waals surface area contributed by atoms with Crippen molar-refractivity contribution in [3.8, 4) is 0 Å². The first-order valence-corrected chi connectivity index (χ1v) is 23.0. The van der Waals surface area contributed by atoms with E-state index in [1.807, 2.05) is 0 Å². The number of ether oxygens (including phenoxy) is 2. The first-order chi connectivity index (χ1) is 25.8. The first-order valence-electron chi connectivity index (χ1n) is 21.5. The normalized spacial score (nSPS) is 13.7. The van der Waals surface area contributed by atoms with Gasteiger partial charge in [0.2, 0.25) is 0 Å². The molecule has 0 fully saturated rings. The molecule has 3 N–H and O–H groups in total. The molecular formula is C43H80NO8P. The molecule has 0 aliphatic rings. The van der Waals surface area contributed by atoms with Gasteiger partial charge in [-0.3, -0.25) is 18.6 Å². The average Bonchev–Trinajstić information content (AvgIpc) is 3.14. The van der Waals surface area contributed by atoms with E-state index in [2.05, 4.69) is 50.3 Å². The number of allylic oxidation sites excluding steroid dienone is 6. The summed E-state index contributed by atoms with van der Waals surface area (Å²) >= 11 is 0. The molecule has 0 saturated carbocycles. The van der Waals surface area contributed by atoms with Crippen LogP contribution >= 0.6 is 7.82 Å². The van der Waals surface area contributed by atoms with E-state index >= 15 is 0 Å². The third-order valence-electron chi connectivity index (χ3n) is 9.00. The minimum Gasteiger partial charge on any atom is -0.462 e. The summed E-state index contributed by atoms with van der Waals surface area (Å²) in [6.45, 7) is 3.67. The minimum absolute atomic E-state index is 0.0501. The number of phosphoric acid groups is 1. The van der Waals surface area contributed by atoms with E-state index < -0.39 is 26.5 Å². The highest BCUT2D eigenvalue weighted by Crippen LogP contribution is 2.43. The first kappa shape index (κ1) is 51.2. The molecule has 0 aromatic heterocycles. The minimum atomic E-state index is -4.38. The summed E-state index contributed by atoms with van der Waals surface area (Å²) in [5, 5.41) is 0. The fourth-order valence-corrected chi connectivity index (χ4v) is 6.53. The summed E-state index contributed by atoms with van der Waals surface area (Å²) in [4.78, 5) is 34.8. The van der Waals surface area contributed by atoms with E-state index in [0.29, 0.717) is 6.42 Å². The number of rotatable bonds is 40. The number of nitrogens with two attached hydrogens (primary N) is 1. The summed E-state index contributed by atoms with van der Waals surface area (Å²) in [7, 11) is -4.38. The Kier molecular flexibility index (Phi) is 38.6. The van der Waals surface area contributed by atoms with Gasteiger partial charge in [-0.1, -0.05) is 153 Å². The number of carbonyl (C=O) groups excluding carboxylic acids is 2. The fraction of sp³-hybridized carbons (Fsp3) is 0.814. The second kappa shape index (κ2) is 39.9. The van der Waals surface area contributed by atoms with Crippen LogP contribution in [-0.4, -0.2) is 49.3 Å². The van der Waals surface area contributed by atoms with Crippen molar-refractivity contribution in [3.63, 3.8) is 0 Å². The molecular weight excluding hydrogens is 689 g/mol. The van der Waals surface area contributed by atoms with Crippen LogP contribution in [0.25, 0.3) is 0 Å². The van der Waals surface area contributed by atoms with Gasteiger partial charge in [-0.2, -0.15) is 0 Å². The highest BCUT2D eigenvalue weighted by Gasteiger charge is 2.26. The monoisotopic (exact) mass is 770 g/mol. The maximum Gasteiger partial charge on any atom is 0.472 e. The third-order valence-corrected chi connectivity index (χ3v) is 9.98. The van der Waals surface area contributed by atoms with Crippen molar-refractivity contribution in [2.45, 2.75) is 200 Å². The molecule has 0 aliphatic heterocycles. The molecule has 0 spiro atoms. The molecule has 2 unspecified atom stereocenters. The molecule has 310 valence electrons. The van der Waals surface area contributed by atoms with Crippen molar-refractivity contribution in [2.24, 2.45) is 5.73 Å². The summed E-state index contributed by atoms with van der Waals surface area (Å²) in [5.74, 6) is -0.848. The van der Waals surface area contributed by atoms with Crippen molar-refractivity contribution in [2.75, 3.05) is 26.4 Å². The van der Waals surface area contributed by atoms with Crippen LogP contribution in [0.2, 0.25) is 0 Å². The van der Waals surface area contributed by atoms with Gasteiger partial charge in [-0.15, -0.1) is 0 Å². The largest absolute Gasteiger partial charge is 0.472 e. The maximum atomic E-state index is 12.6. The van der Waals surface area contributed by atoms with Gasteiger partial charge in [0.1, 0.15) is 6.61 Å². The lowest BCUT2D eigenvalue weighted by Crippen LogP contribution is -2.29. The molecule has 2 atom stereocenters. The Balaban J connectivity index is 4.16. The molecule has 0 bridgehead atoms. The van der Waals surface area contributed by atoms with E-state index in [1.54, 1.807) is 0 Å². The summed E-state index contributed by atoms with van der Waals surface area (Å²) in [6, 6.07) is 0. The Labute approximate surface area is 324 Å². The quantitative estimate of drug-likeness (QED) is 0.0270. The van der Waals surface area contributed by atoms with Gasteiger partial charge in [0.15, 0.2) is 6.10 Å². The lowest BCUT2D eigenvalue weighted by molar-refractivity contribution is -0.161. The molecule has 0 aliphatic carbocycles. The van der Waals surface area contributed by atoms with Crippen molar-refractivity contribution in [1.29, 1.82) is 0 Å². The topological polar surface area (TPSA) is 134 Å². The van der Waals surface area contributed by atoms with Gasteiger partial charge >= 0.3 is 19.8 Å². The van der Waals surface area contributed by atoms with Crippen LogP contribution < -0.4 is 5.73 Å². The van der Waals surface area contributed by atoms with Crippen LogP contribution in [0.3, 0.4) is 0 Å². The summed E-state index contributed by atoms with van der Waals surface area (Å²) < 4.78 is 32.7. The van der Waals surface area contributed by atoms with Crippen LogP contribution in [0.4, 0.5) is 0 Å². The zero-order valence-corrected chi connectivity index (χ0v) is 34.9. The van der Waals surface area contributed by atoms with Crippen LogP contribution in [0, 0.1) is 0 Å². The molecule has 0 rings (SSSR count). The smallest absolute Gasteiger partial charge is 0.462 e. The van der Waals surface area contributed by atoms with Crippen molar-refractivity contribution < 1.29 is 37.6 Å². The predicted octanol–water partition coefficient (Wildman–Crippen LogP) is 12.2. The van der Waals surface area contributed by atoms with Crippen LogP contribution in [0.15, 0.2) is 36.5 Å². The van der Waals surface area contributed by atoms with Gasteiger partial charge in [-0.25, -0.2) is 4.57 Å². The molecule has 10 heteroatoms. The zero-order valence-electron chi connectivity index (χ0n) is 34.0. The number of carbonyl (C=O) groups is 2. The molecule has 0 radical (unpaired) electrons. The van der Waals surface area contributed by atoms with Gasteiger partial charge in [-0.05, 0) is 64.2 Å². The molecule has 0 heterocycles. The Morgan fingerprint density at radius 2 is 1.00 bits per heavy atom. The van der Waals surface area contributed by atoms with Crippen molar-refractivity contribution >= 4 is 19.8 Å². The highest BCUT2D eigenvalue weighted by atomic mass is 31.2. The van der Waals surface area contributed by atoms with E-state index in [4.69, 9.17) is 24.3 Å². The van der Waals surface area contributed by atoms with Crippen LogP contribution in [0.1, 0.15) is 194 Å². The zero-order chi connectivity index (χ0) is 38.9. The lowest BCUT2D eigenvalue weighted by atomic mass is 10.1. The standard InChI is InChI=1S/C43H80NO8P/c1-3-5-7-9-11-13-15-17-19-20-21-22-24-25-27-29-31-33-35-42(45)49-39-41(40-51-53(47,48)50-38-37-44)52-43(46)36-34-32-30-28-26-23-18-16-14-12-10-8-6-4-2/h10,12,16,18-20,41H,3-9,11,13-15,17,21-40,44H2,1-2H3,(H,47,48)/b12-10-,18-16-,20-19-. The Bertz CT molecular complexity index is 970. The van der Waals surface area contributed by atoms with Gasteiger partial charge < -0.3 is 20.1 Å². The molecule has 0 aromatic rings. The molecule has 0 saturated heterocycles. The number of hydrogen-bond donors (Lipinski definition) is 2. The van der Waals surface area contributed by atoms with E-state index in [9.17, 15) is 19.0 Å². The second-order valence-corrected chi connectivity index (χ2v) is 15.7. The van der Waals surface area contributed by atoms with Gasteiger partial charge in [0, 0.05) is 19.4 Å². The summed E-state index contributed by atoms with van der Waals surface area (Å²) in [6.07, 6.45) is 43.1. The van der Waals surface area contributed by atoms with Crippen LogP contribution in [-0.2, 0) is 32.7 Å². The van der Waals surface area contributed by atoms with Gasteiger partial charge in [0.25, 0.3) is 0 Å². The number of hydrogen-bond acceptors (Lipinski definition) is 8. The molecule has 53 heavy (non-hydrogen) atoms. The van der Waals surface area contributed by atoms with Crippen molar-refractivity contribution in [3.05, 3.63) is 36.5 Å². The fourth-order valence-electron chi connectivity index (χ4n) is 5.76. The van der Waals surface area contributed by atoms with Crippen molar-refractivity contribution in [1.82, 2.24) is 0 Å². The Hall–Kier alpha value is -1.77. The van der Waals surface area contributed by atoms with E-state index in [-0.39, 0.29) is 38.6 Å². The lowest BCUT2D eigenvalue weighted by Gasteiger charge is -2.19. The number of esters is 2. The third kappa shape index (κ3) is 39.7. The Morgan fingerprint density at radius 1 is 0.566 bits per heavy atom. The van der Waals surface area contributed by atoms with E-state index in [0.717, 1.165) is 77.0 Å². The number of unbranched alkanes of at least 4 members (excludes halogenated alkanes) is 21. The summed E-state index contributed by atoms with van der Waals surface area (Å²) in [5.41, 5.74) is 5.34. The highest BCUT2D eigenvalue weighted by molar-refractivity contribution is 7.47. The molecule has 9 nitrogen and oxygen atoms in total. The van der Waals surface area contributed by atoms with Gasteiger partial charge in [0.05, 0.1) is 13.2 Å².